The minimum atomic E-state index is -0.818. The Hall–Kier alpha value is -3.03. The van der Waals surface area contributed by atoms with Gasteiger partial charge in [-0.15, -0.1) is 0 Å². The van der Waals surface area contributed by atoms with Crippen LogP contribution in [0.4, 0.5) is 0 Å². The molecule has 3 aromatic rings. The molecule has 2 atom stereocenters. The second-order valence-corrected chi connectivity index (χ2v) is 11.1. The van der Waals surface area contributed by atoms with E-state index in [1.165, 1.54) is 24.8 Å². The van der Waals surface area contributed by atoms with Gasteiger partial charge in [0.25, 0.3) is 0 Å². The summed E-state index contributed by atoms with van der Waals surface area (Å²) in [5.74, 6) is 0.0623. The lowest BCUT2D eigenvalue weighted by atomic mass is 9.83. The third kappa shape index (κ3) is 6.76. The van der Waals surface area contributed by atoms with Gasteiger partial charge < -0.3 is 14.9 Å². The molecule has 2 fully saturated rings. The number of benzene rings is 3. The van der Waals surface area contributed by atoms with Crippen LogP contribution < -0.4 is 4.74 Å². The van der Waals surface area contributed by atoms with E-state index >= 15 is 0 Å². The second-order valence-electron chi connectivity index (χ2n) is 11.1. The van der Waals surface area contributed by atoms with Crippen LogP contribution in [0.3, 0.4) is 0 Å². The number of aliphatic hydroxyl groups is 2. The zero-order valence-corrected chi connectivity index (χ0v) is 22.8. The Morgan fingerprint density at radius 3 is 2.15 bits per heavy atom. The monoisotopic (exact) mass is 528 g/mol. The summed E-state index contributed by atoms with van der Waals surface area (Å²) in [6.07, 6.45) is 4.40. The average Bonchev–Trinajstić information content (AvgIpc) is 2.98. The molecule has 5 rings (SSSR count). The van der Waals surface area contributed by atoms with Crippen molar-refractivity contribution in [2.75, 3.05) is 26.2 Å². The summed E-state index contributed by atoms with van der Waals surface area (Å²) in [5.41, 5.74) is 2.64. The molecule has 2 aliphatic rings. The molecule has 0 aromatic heterocycles. The highest BCUT2D eigenvalue weighted by atomic mass is 16.5. The highest BCUT2D eigenvalue weighted by molar-refractivity contribution is 5.91. The minimum absolute atomic E-state index is 0.109. The van der Waals surface area contributed by atoms with Gasteiger partial charge in [0, 0.05) is 25.7 Å². The number of carbonyl (C=O) groups is 1. The number of rotatable bonds is 8. The molecule has 2 heterocycles. The highest BCUT2D eigenvalue weighted by Gasteiger charge is 2.36. The molecular weight excluding hydrogens is 488 g/mol. The zero-order valence-electron chi connectivity index (χ0n) is 22.8. The van der Waals surface area contributed by atoms with Crippen molar-refractivity contribution >= 4 is 5.97 Å². The maximum atomic E-state index is 12.7. The van der Waals surface area contributed by atoms with Gasteiger partial charge >= 0.3 is 5.97 Å². The Labute approximate surface area is 231 Å². The van der Waals surface area contributed by atoms with Gasteiger partial charge in [-0.05, 0) is 86.7 Å². The summed E-state index contributed by atoms with van der Waals surface area (Å²) in [5, 5.41) is 22.2. The van der Waals surface area contributed by atoms with Crippen molar-refractivity contribution in [1.82, 2.24) is 9.80 Å². The molecule has 0 unspecified atom stereocenters. The zero-order chi connectivity index (χ0) is 27.2. The van der Waals surface area contributed by atoms with Crippen molar-refractivity contribution in [2.45, 2.75) is 63.3 Å². The molecule has 206 valence electrons. The number of likely N-dealkylation sites (tertiary alicyclic amines) is 2. The minimum Gasteiger partial charge on any atom is -0.423 e. The largest absolute Gasteiger partial charge is 0.423 e. The van der Waals surface area contributed by atoms with Crippen LogP contribution in [-0.4, -0.2) is 58.2 Å². The molecule has 2 aliphatic heterocycles. The van der Waals surface area contributed by atoms with Crippen molar-refractivity contribution in [2.24, 2.45) is 0 Å². The van der Waals surface area contributed by atoms with E-state index in [1.54, 1.807) is 12.1 Å². The second kappa shape index (κ2) is 12.4. The van der Waals surface area contributed by atoms with Crippen LogP contribution >= 0.6 is 0 Å². The summed E-state index contributed by atoms with van der Waals surface area (Å²) in [6.45, 7) is 6.63. The van der Waals surface area contributed by atoms with E-state index < -0.39 is 11.7 Å². The third-order valence-corrected chi connectivity index (χ3v) is 8.45. The summed E-state index contributed by atoms with van der Waals surface area (Å²) in [6, 6.07) is 24.5. The number of ether oxygens (including phenoxy) is 1. The molecule has 6 heteroatoms. The van der Waals surface area contributed by atoms with Crippen LogP contribution in [0, 0.1) is 0 Å². The van der Waals surface area contributed by atoms with Crippen LogP contribution in [0.25, 0.3) is 0 Å². The molecule has 2 saturated heterocycles. The molecule has 0 amide bonds. The lowest BCUT2D eigenvalue weighted by molar-refractivity contribution is -0.0501. The molecule has 39 heavy (non-hydrogen) atoms. The summed E-state index contributed by atoms with van der Waals surface area (Å²) >= 11 is 0. The first-order valence-corrected chi connectivity index (χ1v) is 14.2. The smallest absolute Gasteiger partial charge is 0.343 e. The molecule has 6 nitrogen and oxygen atoms in total. The molecule has 2 N–H and O–H groups in total. The molecule has 0 aliphatic carbocycles. The standard InChI is InChI=1S/C33H40N2O4/c1-25(35-22-18-33(38,19-23-35)29-8-4-2-5-9-29)31(36)27-14-16-30(17-15-27)39-32(37)28-12-10-26(11-13-28)24-34-20-6-3-7-21-34/h2,4-5,8-17,25,31,36,38H,3,6-7,18-24H2,1H3/t25-,31-/m0/s1. The average molecular weight is 529 g/mol. The van der Waals surface area contributed by atoms with Crippen LogP contribution in [0.2, 0.25) is 0 Å². The van der Waals surface area contributed by atoms with Gasteiger partial charge in [0.15, 0.2) is 0 Å². The van der Waals surface area contributed by atoms with E-state index in [-0.39, 0.29) is 12.0 Å². The van der Waals surface area contributed by atoms with E-state index in [0.717, 1.165) is 30.8 Å². The van der Waals surface area contributed by atoms with Crippen LogP contribution in [-0.2, 0) is 12.1 Å². The number of hydrogen-bond acceptors (Lipinski definition) is 6. The Kier molecular flexibility index (Phi) is 8.78. The molecule has 0 saturated carbocycles. The Bertz CT molecular complexity index is 1200. The number of hydrogen-bond donors (Lipinski definition) is 2. The fourth-order valence-corrected chi connectivity index (χ4v) is 5.84. The summed E-state index contributed by atoms with van der Waals surface area (Å²) in [4.78, 5) is 17.4. The SMILES string of the molecule is C[C@@H]([C@H](O)c1ccc(OC(=O)c2ccc(CN3CCCCC3)cc2)cc1)N1CCC(O)(c2ccccc2)CC1. The maximum absolute atomic E-state index is 12.7. The number of aliphatic hydroxyl groups excluding tert-OH is 1. The van der Waals surface area contributed by atoms with Gasteiger partial charge in [-0.1, -0.05) is 61.0 Å². The van der Waals surface area contributed by atoms with Gasteiger partial charge in [0.2, 0.25) is 0 Å². The fourth-order valence-electron chi connectivity index (χ4n) is 5.84. The number of carbonyl (C=O) groups excluding carboxylic acids is 1. The molecule has 3 aromatic carbocycles. The summed E-state index contributed by atoms with van der Waals surface area (Å²) < 4.78 is 5.60. The lowest BCUT2D eigenvalue weighted by Gasteiger charge is -2.42. The first kappa shape index (κ1) is 27.5. The fraction of sp³-hybridized carbons (Fsp3) is 0.424. The normalized spacial score (nSPS) is 19.8. The van der Waals surface area contributed by atoms with Crippen molar-refractivity contribution in [3.05, 3.63) is 101 Å². The van der Waals surface area contributed by atoms with E-state index in [0.29, 0.717) is 37.2 Å². The van der Waals surface area contributed by atoms with E-state index in [1.807, 2.05) is 73.7 Å². The van der Waals surface area contributed by atoms with E-state index in [4.69, 9.17) is 4.74 Å². The lowest BCUT2D eigenvalue weighted by Crippen LogP contribution is -2.47. The predicted molar refractivity (Wildman–Crippen MR) is 153 cm³/mol. The van der Waals surface area contributed by atoms with Crippen LogP contribution in [0.1, 0.15) is 72.2 Å². The number of piperidine rings is 2. The first-order valence-electron chi connectivity index (χ1n) is 14.2. The maximum Gasteiger partial charge on any atom is 0.343 e. The first-order chi connectivity index (χ1) is 18.9. The third-order valence-electron chi connectivity index (χ3n) is 8.45. The quantitative estimate of drug-likeness (QED) is 0.306. The van der Waals surface area contributed by atoms with Crippen molar-refractivity contribution < 1.29 is 19.7 Å². The summed E-state index contributed by atoms with van der Waals surface area (Å²) in [7, 11) is 0. The van der Waals surface area contributed by atoms with Crippen LogP contribution in [0.15, 0.2) is 78.9 Å². The molecular formula is C33H40N2O4. The van der Waals surface area contributed by atoms with Gasteiger partial charge in [-0.2, -0.15) is 0 Å². The van der Waals surface area contributed by atoms with Crippen molar-refractivity contribution in [1.29, 1.82) is 0 Å². The highest BCUT2D eigenvalue weighted by Crippen LogP contribution is 2.35. The van der Waals surface area contributed by atoms with Crippen LogP contribution in [0.5, 0.6) is 5.75 Å². The van der Waals surface area contributed by atoms with E-state index in [2.05, 4.69) is 9.80 Å². The Morgan fingerprint density at radius 2 is 1.51 bits per heavy atom. The van der Waals surface area contributed by atoms with E-state index in [9.17, 15) is 15.0 Å². The van der Waals surface area contributed by atoms with Gasteiger partial charge in [-0.25, -0.2) is 4.79 Å². The number of nitrogens with zero attached hydrogens (tertiary/aromatic N) is 2. The van der Waals surface area contributed by atoms with Crippen molar-refractivity contribution in [3.63, 3.8) is 0 Å². The Morgan fingerprint density at radius 1 is 0.872 bits per heavy atom. The van der Waals surface area contributed by atoms with Gasteiger partial charge in [0.1, 0.15) is 5.75 Å². The van der Waals surface area contributed by atoms with Gasteiger partial charge in [0.05, 0.1) is 17.3 Å². The van der Waals surface area contributed by atoms with Gasteiger partial charge in [-0.3, -0.25) is 9.80 Å². The predicted octanol–water partition coefficient (Wildman–Crippen LogP) is 5.30. The molecule has 0 spiro atoms. The Balaban J connectivity index is 1.13. The number of esters is 1. The van der Waals surface area contributed by atoms with Crippen molar-refractivity contribution in [3.8, 4) is 5.75 Å². The molecule has 0 bridgehead atoms. The molecule has 0 radical (unpaired) electrons. The topological polar surface area (TPSA) is 73.2 Å².